The van der Waals surface area contributed by atoms with Crippen molar-refractivity contribution < 1.29 is 14.0 Å². The van der Waals surface area contributed by atoms with Crippen LogP contribution in [0.5, 0.6) is 0 Å². The van der Waals surface area contributed by atoms with Crippen molar-refractivity contribution in [1.82, 2.24) is 5.32 Å². The SMILES string of the molecule is Cc1oc(C)c(C(=O)NCc2cccc(C(N)=O)c2)c1C. The van der Waals surface area contributed by atoms with Crippen LogP contribution in [0.4, 0.5) is 0 Å². The van der Waals surface area contributed by atoms with Crippen LogP contribution in [0.2, 0.25) is 0 Å². The summed E-state index contributed by atoms with van der Waals surface area (Å²) in [4.78, 5) is 23.4. The minimum absolute atomic E-state index is 0.189. The minimum Gasteiger partial charge on any atom is -0.466 e. The zero-order valence-electron chi connectivity index (χ0n) is 12.3. The van der Waals surface area contributed by atoms with Crippen molar-refractivity contribution in [3.05, 3.63) is 58.0 Å². The van der Waals surface area contributed by atoms with Gasteiger partial charge in [0.15, 0.2) is 0 Å². The predicted molar refractivity (Wildman–Crippen MR) is 79.0 cm³/mol. The summed E-state index contributed by atoms with van der Waals surface area (Å²) >= 11 is 0. The molecule has 0 radical (unpaired) electrons. The van der Waals surface area contributed by atoms with Crippen LogP contribution in [-0.4, -0.2) is 11.8 Å². The molecule has 1 heterocycles. The maximum Gasteiger partial charge on any atom is 0.255 e. The highest BCUT2D eigenvalue weighted by Crippen LogP contribution is 2.20. The van der Waals surface area contributed by atoms with Gasteiger partial charge in [-0.15, -0.1) is 0 Å². The molecule has 0 saturated carbocycles. The normalized spacial score (nSPS) is 10.4. The molecule has 0 atom stereocenters. The first kappa shape index (κ1) is 14.8. The van der Waals surface area contributed by atoms with E-state index in [4.69, 9.17) is 10.2 Å². The zero-order valence-corrected chi connectivity index (χ0v) is 12.3. The van der Waals surface area contributed by atoms with Gasteiger partial charge in [-0.05, 0) is 38.5 Å². The Morgan fingerprint density at radius 2 is 1.90 bits per heavy atom. The summed E-state index contributed by atoms with van der Waals surface area (Å²) in [6, 6.07) is 6.87. The number of aryl methyl sites for hydroxylation is 2. The molecule has 0 aliphatic rings. The lowest BCUT2D eigenvalue weighted by Gasteiger charge is -2.06. The van der Waals surface area contributed by atoms with Crippen molar-refractivity contribution in [2.75, 3.05) is 0 Å². The number of amides is 2. The number of hydrogen-bond donors (Lipinski definition) is 2. The van der Waals surface area contributed by atoms with Gasteiger partial charge in [0.05, 0.1) is 5.56 Å². The first-order chi connectivity index (χ1) is 9.90. The fraction of sp³-hybridized carbons (Fsp3) is 0.250. The highest BCUT2D eigenvalue weighted by atomic mass is 16.3. The van der Waals surface area contributed by atoms with Gasteiger partial charge in [-0.3, -0.25) is 9.59 Å². The molecule has 0 fully saturated rings. The van der Waals surface area contributed by atoms with Crippen LogP contribution < -0.4 is 11.1 Å². The Kier molecular flexibility index (Phi) is 4.12. The van der Waals surface area contributed by atoms with Gasteiger partial charge in [0.2, 0.25) is 5.91 Å². The first-order valence-corrected chi connectivity index (χ1v) is 6.63. The molecular weight excluding hydrogens is 268 g/mol. The van der Waals surface area contributed by atoms with E-state index in [0.29, 0.717) is 23.4 Å². The second kappa shape index (κ2) is 5.83. The summed E-state index contributed by atoms with van der Waals surface area (Å²) in [6.45, 7) is 5.77. The molecule has 0 aliphatic heterocycles. The van der Waals surface area contributed by atoms with E-state index < -0.39 is 5.91 Å². The van der Waals surface area contributed by atoms with Crippen molar-refractivity contribution in [3.8, 4) is 0 Å². The summed E-state index contributed by atoms with van der Waals surface area (Å²) < 4.78 is 5.45. The number of nitrogens with two attached hydrogens (primary N) is 1. The first-order valence-electron chi connectivity index (χ1n) is 6.63. The molecule has 0 saturated heterocycles. The average molecular weight is 286 g/mol. The van der Waals surface area contributed by atoms with E-state index >= 15 is 0 Å². The van der Waals surface area contributed by atoms with Crippen molar-refractivity contribution in [2.24, 2.45) is 5.73 Å². The van der Waals surface area contributed by atoms with E-state index in [-0.39, 0.29) is 5.91 Å². The van der Waals surface area contributed by atoms with Gasteiger partial charge in [0, 0.05) is 17.7 Å². The molecule has 0 unspecified atom stereocenters. The summed E-state index contributed by atoms with van der Waals surface area (Å²) in [5.41, 5.74) is 7.88. The molecule has 2 rings (SSSR count). The fourth-order valence-electron chi connectivity index (χ4n) is 2.23. The van der Waals surface area contributed by atoms with E-state index in [1.165, 1.54) is 0 Å². The standard InChI is InChI=1S/C16H18N2O3/c1-9-10(2)21-11(3)14(9)16(20)18-8-12-5-4-6-13(7-12)15(17)19/h4-7H,8H2,1-3H3,(H2,17,19)(H,18,20). The lowest BCUT2D eigenvalue weighted by atomic mass is 10.1. The van der Waals surface area contributed by atoms with Crippen LogP contribution in [0.3, 0.4) is 0 Å². The third kappa shape index (κ3) is 3.13. The van der Waals surface area contributed by atoms with Gasteiger partial charge in [-0.25, -0.2) is 0 Å². The van der Waals surface area contributed by atoms with Gasteiger partial charge < -0.3 is 15.5 Å². The number of furan rings is 1. The molecule has 0 bridgehead atoms. The molecule has 1 aromatic heterocycles. The number of carbonyl (C=O) groups is 2. The predicted octanol–water partition coefficient (Wildman–Crippen LogP) is 2.23. The van der Waals surface area contributed by atoms with Crippen molar-refractivity contribution >= 4 is 11.8 Å². The Hall–Kier alpha value is -2.56. The van der Waals surface area contributed by atoms with E-state index in [9.17, 15) is 9.59 Å². The number of primary amides is 1. The lowest BCUT2D eigenvalue weighted by Crippen LogP contribution is -2.24. The lowest BCUT2D eigenvalue weighted by molar-refractivity contribution is 0.0948. The molecule has 5 nitrogen and oxygen atoms in total. The minimum atomic E-state index is -0.486. The van der Waals surface area contributed by atoms with Crippen molar-refractivity contribution in [1.29, 1.82) is 0 Å². The average Bonchev–Trinajstić information content (AvgIpc) is 2.70. The van der Waals surface area contributed by atoms with Crippen LogP contribution in [0, 0.1) is 20.8 Å². The van der Waals surface area contributed by atoms with Crippen molar-refractivity contribution in [2.45, 2.75) is 27.3 Å². The smallest absolute Gasteiger partial charge is 0.255 e. The maximum atomic E-state index is 12.2. The molecule has 2 amide bonds. The molecule has 2 aromatic rings. The molecular formula is C16H18N2O3. The van der Waals surface area contributed by atoms with Crippen LogP contribution >= 0.6 is 0 Å². The largest absolute Gasteiger partial charge is 0.466 e. The third-order valence-electron chi connectivity index (χ3n) is 3.45. The van der Waals surface area contributed by atoms with Crippen LogP contribution in [0.25, 0.3) is 0 Å². The fourth-order valence-corrected chi connectivity index (χ4v) is 2.23. The summed E-state index contributed by atoms with van der Waals surface area (Å²) in [6.07, 6.45) is 0. The summed E-state index contributed by atoms with van der Waals surface area (Å²) in [7, 11) is 0. The van der Waals surface area contributed by atoms with Gasteiger partial charge in [-0.2, -0.15) is 0 Å². The van der Waals surface area contributed by atoms with E-state index in [1.54, 1.807) is 25.1 Å². The van der Waals surface area contributed by atoms with E-state index in [0.717, 1.165) is 16.9 Å². The topological polar surface area (TPSA) is 85.3 Å². The Morgan fingerprint density at radius 1 is 1.19 bits per heavy atom. The van der Waals surface area contributed by atoms with Gasteiger partial charge in [-0.1, -0.05) is 12.1 Å². The van der Waals surface area contributed by atoms with Crippen molar-refractivity contribution in [3.63, 3.8) is 0 Å². The number of hydrogen-bond acceptors (Lipinski definition) is 3. The van der Waals surface area contributed by atoms with Crippen LogP contribution in [0.15, 0.2) is 28.7 Å². The molecule has 21 heavy (non-hydrogen) atoms. The Bertz CT molecular complexity index is 702. The van der Waals surface area contributed by atoms with Gasteiger partial charge in [0.1, 0.15) is 11.5 Å². The van der Waals surface area contributed by atoms with Crippen LogP contribution in [0.1, 0.15) is 43.4 Å². The molecule has 0 spiro atoms. The van der Waals surface area contributed by atoms with E-state index in [1.807, 2.05) is 19.9 Å². The number of carbonyl (C=O) groups excluding carboxylic acids is 2. The van der Waals surface area contributed by atoms with Gasteiger partial charge in [0.25, 0.3) is 5.91 Å². The zero-order chi connectivity index (χ0) is 15.6. The quantitative estimate of drug-likeness (QED) is 0.903. The Labute approximate surface area is 123 Å². The summed E-state index contributed by atoms with van der Waals surface area (Å²) in [5, 5.41) is 2.83. The summed E-state index contributed by atoms with van der Waals surface area (Å²) in [5.74, 6) is 0.674. The highest BCUT2D eigenvalue weighted by molar-refractivity contribution is 5.97. The second-order valence-corrected chi connectivity index (χ2v) is 4.96. The van der Waals surface area contributed by atoms with E-state index in [2.05, 4.69) is 5.32 Å². The highest BCUT2D eigenvalue weighted by Gasteiger charge is 2.18. The Morgan fingerprint density at radius 3 is 2.48 bits per heavy atom. The van der Waals surface area contributed by atoms with Crippen LogP contribution in [-0.2, 0) is 6.54 Å². The molecule has 110 valence electrons. The molecule has 5 heteroatoms. The Balaban J connectivity index is 2.11. The second-order valence-electron chi connectivity index (χ2n) is 4.96. The van der Waals surface area contributed by atoms with Gasteiger partial charge >= 0.3 is 0 Å². The number of rotatable bonds is 4. The molecule has 1 aromatic carbocycles. The monoisotopic (exact) mass is 286 g/mol. The molecule has 0 aliphatic carbocycles. The number of nitrogens with one attached hydrogen (secondary N) is 1. The third-order valence-corrected chi connectivity index (χ3v) is 3.45. The number of benzene rings is 1. The molecule has 3 N–H and O–H groups in total. The maximum absolute atomic E-state index is 12.2.